The van der Waals surface area contributed by atoms with Crippen molar-refractivity contribution < 1.29 is 4.79 Å². The molecule has 0 fully saturated rings. The van der Waals surface area contributed by atoms with E-state index in [1.165, 1.54) is 12.8 Å². The molecule has 1 unspecified atom stereocenters. The molecule has 1 aliphatic rings. The quantitative estimate of drug-likeness (QED) is 0.0645. The van der Waals surface area contributed by atoms with Crippen molar-refractivity contribution in [2.75, 3.05) is 64.3 Å². The van der Waals surface area contributed by atoms with Crippen molar-refractivity contribution in [2.45, 2.75) is 77.5 Å². The zero-order valence-corrected chi connectivity index (χ0v) is 28.4. The van der Waals surface area contributed by atoms with Gasteiger partial charge in [0.15, 0.2) is 0 Å². The van der Waals surface area contributed by atoms with Gasteiger partial charge in [-0.3, -0.25) is 4.79 Å². The number of nitrogens with two attached hydrogens (primary N) is 2. The molecule has 1 aliphatic heterocycles. The van der Waals surface area contributed by atoms with E-state index < -0.39 is 0 Å². The highest BCUT2D eigenvalue weighted by Gasteiger charge is 2.32. The average Bonchev–Trinajstić information content (AvgIpc) is 3.43. The number of unbranched alkanes of at least 4 members (excludes halogenated alkanes) is 1. The molecule has 0 saturated carbocycles. The largest absolute Gasteiger partial charge is 0.388 e. The normalized spacial score (nSPS) is 14.2. The van der Waals surface area contributed by atoms with Gasteiger partial charge in [0.1, 0.15) is 17.7 Å². The second kappa shape index (κ2) is 21.6. The molecule has 2 heterocycles. The molecular formula is C35H60N10O. The van der Waals surface area contributed by atoms with Crippen LogP contribution < -0.4 is 43.0 Å². The number of carbonyl (C=O) groups is 1. The maximum atomic E-state index is 12.7. The SMILES string of the molecule is C=C/C=C(\CCCC(=O)NCCCn1c(CNCC)nc2c1-c1ccccc1N(C)C2N)NCCCNCCCCNCCCN. The molecule has 0 saturated heterocycles. The lowest BCUT2D eigenvalue weighted by molar-refractivity contribution is -0.121. The number of benzene rings is 1. The lowest BCUT2D eigenvalue weighted by Crippen LogP contribution is -2.34. The summed E-state index contributed by atoms with van der Waals surface area (Å²) in [5, 5.41) is 17.0. The van der Waals surface area contributed by atoms with Gasteiger partial charge < -0.3 is 47.5 Å². The number of rotatable bonds is 25. The summed E-state index contributed by atoms with van der Waals surface area (Å²) in [7, 11) is 2.02. The van der Waals surface area contributed by atoms with Crippen molar-refractivity contribution in [1.29, 1.82) is 0 Å². The molecule has 1 aromatic heterocycles. The van der Waals surface area contributed by atoms with E-state index >= 15 is 0 Å². The van der Waals surface area contributed by atoms with Crippen molar-refractivity contribution in [2.24, 2.45) is 11.5 Å². The fraction of sp³-hybridized carbons (Fsp3) is 0.600. The van der Waals surface area contributed by atoms with Crippen molar-refractivity contribution in [3.63, 3.8) is 0 Å². The van der Waals surface area contributed by atoms with E-state index in [-0.39, 0.29) is 12.1 Å². The van der Waals surface area contributed by atoms with E-state index in [4.69, 9.17) is 16.5 Å². The molecule has 256 valence electrons. The number of nitrogens with zero attached hydrogens (tertiary/aromatic N) is 3. The molecule has 0 bridgehead atoms. The van der Waals surface area contributed by atoms with Gasteiger partial charge in [0, 0.05) is 50.1 Å². The van der Waals surface area contributed by atoms with Crippen LogP contribution in [-0.4, -0.2) is 74.9 Å². The van der Waals surface area contributed by atoms with Gasteiger partial charge in [-0.1, -0.05) is 37.8 Å². The minimum atomic E-state index is -0.299. The zero-order valence-electron chi connectivity index (χ0n) is 28.4. The zero-order chi connectivity index (χ0) is 33.0. The van der Waals surface area contributed by atoms with Crippen LogP contribution in [0.5, 0.6) is 0 Å². The highest BCUT2D eigenvalue weighted by molar-refractivity contribution is 5.82. The van der Waals surface area contributed by atoms with E-state index in [2.05, 4.69) is 67.8 Å². The van der Waals surface area contributed by atoms with Crippen LogP contribution in [0.1, 0.15) is 76.0 Å². The number of anilines is 1. The van der Waals surface area contributed by atoms with Gasteiger partial charge in [0.25, 0.3) is 0 Å². The summed E-state index contributed by atoms with van der Waals surface area (Å²) in [5.74, 6) is 1.07. The Morgan fingerprint density at radius 1 is 0.935 bits per heavy atom. The molecule has 0 aliphatic carbocycles. The van der Waals surface area contributed by atoms with Crippen LogP contribution in [0.4, 0.5) is 5.69 Å². The molecule has 0 radical (unpaired) electrons. The summed E-state index contributed by atoms with van der Waals surface area (Å²) in [5.41, 5.74) is 17.5. The number of nitrogens with one attached hydrogen (secondary N) is 5. The van der Waals surface area contributed by atoms with Crippen LogP contribution in [0.3, 0.4) is 0 Å². The number of hydrogen-bond donors (Lipinski definition) is 7. The maximum absolute atomic E-state index is 12.7. The number of amides is 1. The number of fused-ring (bicyclic) bond motifs is 3. The fourth-order valence-electron chi connectivity index (χ4n) is 5.74. The first-order valence-corrected chi connectivity index (χ1v) is 17.3. The molecule has 0 spiro atoms. The molecule has 46 heavy (non-hydrogen) atoms. The Labute approximate surface area is 277 Å². The first-order valence-electron chi connectivity index (χ1n) is 17.3. The van der Waals surface area contributed by atoms with Crippen molar-refractivity contribution in [3.05, 3.63) is 60.2 Å². The second-order valence-corrected chi connectivity index (χ2v) is 11.9. The molecule has 2 aromatic rings. The maximum Gasteiger partial charge on any atom is 0.220 e. The van der Waals surface area contributed by atoms with Crippen LogP contribution in [0.25, 0.3) is 11.3 Å². The summed E-state index contributed by atoms with van der Waals surface area (Å²) >= 11 is 0. The Balaban J connectivity index is 1.35. The molecule has 9 N–H and O–H groups in total. The fourth-order valence-corrected chi connectivity index (χ4v) is 5.74. The first kappa shape index (κ1) is 37.2. The summed E-state index contributed by atoms with van der Waals surface area (Å²) in [6.45, 7) is 14.6. The molecule has 1 aromatic carbocycles. The topological polar surface area (TPSA) is 150 Å². The number of para-hydroxylation sites is 1. The van der Waals surface area contributed by atoms with Crippen LogP contribution in [-0.2, 0) is 17.9 Å². The molecule has 11 heteroatoms. The van der Waals surface area contributed by atoms with Crippen molar-refractivity contribution in [3.8, 4) is 11.3 Å². The third-order valence-corrected chi connectivity index (χ3v) is 8.29. The van der Waals surface area contributed by atoms with Crippen molar-refractivity contribution in [1.82, 2.24) is 36.1 Å². The Morgan fingerprint density at radius 2 is 1.65 bits per heavy atom. The Hall–Kier alpha value is -3.22. The van der Waals surface area contributed by atoms with Crippen LogP contribution >= 0.6 is 0 Å². The monoisotopic (exact) mass is 636 g/mol. The van der Waals surface area contributed by atoms with E-state index in [0.717, 1.165) is 119 Å². The Kier molecular flexibility index (Phi) is 17.4. The number of carbonyl (C=O) groups excluding carboxylic acids is 1. The van der Waals surface area contributed by atoms with E-state index in [0.29, 0.717) is 19.5 Å². The molecular weight excluding hydrogens is 576 g/mol. The van der Waals surface area contributed by atoms with Crippen LogP contribution in [0.15, 0.2) is 48.7 Å². The molecule has 1 amide bonds. The summed E-state index contributed by atoms with van der Waals surface area (Å²) in [6, 6.07) is 8.35. The summed E-state index contributed by atoms with van der Waals surface area (Å²) in [4.78, 5) is 19.7. The van der Waals surface area contributed by atoms with Gasteiger partial charge in [-0.05, 0) is 96.4 Å². The number of hydrogen-bond acceptors (Lipinski definition) is 9. The number of aromatic nitrogens is 2. The van der Waals surface area contributed by atoms with Gasteiger partial charge in [-0.25, -0.2) is 4.98 Å². The third-order valence-electron chi connectivity index (χ3n) is 8.29. The van der Waals surface area contributed by atoms with Gasteiger partial charge in [0.2, 0.25) is 5.91 Å². The Bertz CT molecular complexity index is 1210. The molecule has 1 atom stereocenters. The van der Waals surface area contributed by atoms with Gasteiger partial charge in [-0.2, -0.15) is 0 Å². The van der Waals surface area contributed by atoms with Crippen molar-refractivity contribution >= 4 is 11.6 Å². The molecule has 11 nitrogen and oxygen atoms in total. The summed E-state index contributed by atoms with van der Waals surface area (Å²) in [6.07, 6.45) is 10.9. The van der Waals surface area contributed by atoms with E-state index in [9.17, 15) is 4.79 Å². The summed E-state index contributed by atoms with van der Waals surface area (Å²) < 4.78 is 2.28. The lowest BCUT2D eigenvalue weighted by atomic mass is 10.0. The minimum absolute atomic E-state index is 0.0891. The number of allylic oxidation sites excluding steroid dienone is 3. The standard InChI is InChI=1S/C35H60N10O/c1-4-14-28(41-24-12-23-40-21-9-8-20-39-22-11-19-36)15-10-18-32(46)42-25-13-26-45-31(27-38-5-2)43-33-34(45)29-16-6-7-17-30(29)44(3)35(33)37/h4,6-7,14,16-17,35,38-41H,1,5,8-13,15,18-27,36-37H2,2-3H3,(H,42,46)/b28-14+. The first-order chi connectivity index (χ1) is 22.5. The van der Waals surface area contributed by atoms with Crippen LogP contribution in [0.2, 0.25) is 0 Å². The third kappa shape index (κ3) is 11.9. The van der Waals surface area contributed by atoms with E-state index in [1.807, 2.05) is 25.3 Å². The van der Waals surface area contributed by atoms with Gasteiger partial charge in [0.05, 0.1) is 12.2 Å². The lowest BCUT2D eigenvalue weighted by Gasteiger charge is -2.33. The Morgan fingerprint density at radius 3 is 2.39 bits per heavy atom. The van der Waals surface area contributed by atoms with Gasteiger partial charge in [-0.15, -0.1) is 0 Å². The predicted octanol–water partition coefficient (Wildman–Crippen LogP) is 3.10. The average molecular weight is 637 g/mol. The highest BCUT2D eigenvalue weighted by atomic mass is 16.1. The van der Waals surface area contributed by atoms with Crippen LogP contribution in [0, 0.1) is 0 Å². The molecule has 3 rings (SSSR count). The minimum Gasteiger partial charge on any atom is -0.388 e. The van der Waals surface area contributed by atoms with E-state index in [1.54, 1.807) is 0 Å². The highest BCUT2D eigenvalue weighted by Crippen LogP contribution is 2.42. The second-order valence-electron chi connectivity index (χ2n) is 11.9. The predicted molar refractivity (Wildman–Crippen MR) is 191 cm³/mol. The smallest absolute Gasteiger partial charge is 0.220 e. The number of imidazole rings is 1. The van der Waals surface area contributed by atoms with Gasteiger partial charge >= 0.3 is 0 Å².